The summed E-state index contributed by atoms with van der Waals surface area (Å²) in [6, 6.07) is 19.5. The van der Waals surface area contributed by atoms with Gasteiger partial charge in [-0.1, -0.05) is 43.3 Å². The van der Waals surface area contributed by atoms with Gasteiger partial charge >= 0.3 is 0 Å². The number of amides is 2. The molecule has 33 heavy (non-hydrogen) atoms. The molecule has 3 aromatic rings. The fourth-order valence-electron chi connectivity index (χ4n) is 4.40. The fourth-order valence-corrected chi connectivity index (χ4v) is 4.40. The van der Waals surface area contributed by atoms with Crippen molar-refractivity contribution in [2.45, 2.75) is 31.6 Å². The first kappa shape index (κ1) is 22.6. The largest absolute Gasteiger partial charge is 0.341 e. The van der Waals surface area contributed by atoms with Crippen LogP contribution in [0.4, 0.5) is 0 Å². The normalized spacial score (nSPS) is 15.2. The molecule has 1 aliphatic rings. The van der Waals surface area contributed by atoms with Crippen LogP contribution in [0.15, 0.2) is 73.1 Å². The monoisotopic (exact) mass is 442 g/mol. The van der Waals surface area contributed by atoms with Gasteiger partial charge in [-0.05, 0) is 48.6 Å². The Morgan fingerprint density at radius 2 is 1.73 bits per heavy atom. The van der Waals surface area contributed by atoms with Crippen LogP contribution in [0.1, 0.15) is 63.7 Å². The topological polar surface area (TPSA) is 66.4 Å². The second-order valence-corrected chi connectivity index (χ2v) is 8.75. The number of likely N-dealkylation sites (N-methyl/N-ethyl adjacent to an activating group) is 1. The van der Waals surface area contributed by atoms with E-state index < -0.39 is 0 Å². The van der Waals surface area contributed by atoms with Gasteiger partial charge in [-0.15, -0.1) is 0 Å². The lowest BCUT2D eigenvalue weighted by Gasteiger charge is -2.31. The van der Waals surface area contributed by atoms with E-state index in [1.165, 1.54) is 5.56 Å². The molecule has 0 aliphatic carbocycles. The lowest BCUT2D eigenvalue weighted by molar-refractivity contribution is 0.0705. The Hall–Kier alpha value is -3.54. The molecule has 1 unspecified atom stereocenters. The first-order valence-electron chi connectivity index (χ1n) is 11.5. The van der Waals surface area contributed by atoms with Crippen molar-refractivity contribution in [2.75, 3.05) is 26.7 Å². The Morgan fingerprint density at radius 3 is 2.36 bits per heavy atom. The minimum atomic E-state index is -0.0207. The molecule has 1 saturated heterocycles. The van der Waals surface area contributed by atoms with E-state index in [4.69, 9.17) is 0 Å². The van der Waals surface area contributed by atoms with E-state index in [9.17, 15) is 9.59 Å². The van der Waals surface area contributed by atoms with Gasteiger partial charge in [0, 0.05) is 50.7 Å². The number of pyridine rings is 2. The molecule has 2 amide bonds. The van der Waals surface area contributed by atoms with Crippen LogP contribution in [0.5, 0.6) is 0 Å². The molecule has 1 aromatic carbocycles. The molecule has 3 heterocycles. The maximum Gasteiger partial charge on any atom is 0.272 e. The van der Waals surface area contributed by atoms with Crippen molar-refractivity contribution in [3.05, 3.63) is 95.6 Å². The van der Waals surface area contributed by atoms with E-state index in [0.29, 0.717) is 30.9 Å². The lowest BCUT2D eigenvalue weighted by atomic mass is 9.92. The van der Waals surface area contributed by atoms with E-state index in [2.05, 4.69) is 29.0 Å². The number of rotatable bonds is 6. The number of hydrogen-bond acceptors (Lipinski definition) is 4. The third kappa shape index (κ3) is 5.45. The molecule has 0 radical (unpaired) electrons. The van der Waals surface area contributed by atoms with Crippen LogP contribution in [0.25, 0.3) is 0 Å². The Morgan fingerprint density at radius 1 is 1.00 bits per heavy atom. The van der Waals surface area contributed by atoms with Gasteiger partial charge in [-0.3, -0.25) is 19.6 Å². The second-order valence-electron chi connectivity index (χ2n) is 8.75. The SMILES string of the molecule is CC(CN(C)C(=O)c1ccc(C2CCN(C(=O)c3ccccn3)CC2)nc1)c1ccccc1. The molecule has 1 fully saturated rings. The molecular weight excluding hydrogens is 412 g/mol. The predicted molar refractivity (Wildman–Crippen MR) is 128 cm³/mol. The molecule has 2 aromatic heterocycles. The summed E-state index contributed by atoms with van der Waals surface area (Å²) in [5, 5.41) is 0. The van der Waals surface area contributed by atoms with Crippen molar-refractivity contribution in [3.8, 4) is 0 Å². The molecule has 1 atom stereocenters. The maximum absolute atomic E-state index is 12.9. The van der Waals surface area contributed by atoms with Crippen LogP contribution >= 0.6 is 0 Å². The van der Waals surface area contributed by atoms with Gasteiger partial charge in [0.15, 0.2) is 0 Å². The van der Waals surface area contributed by atoms with E-state index in [1.54, 1.807) is 23.4 Å². The second kappa shape index (κ2) is 10.4. The number of likely N-dealkylation sites (tertiary alicyclic amines) is 1. The molecule has 6 nitrogen and oxygen atoms in total. The summed E-state index contributed by atoms with van der Waals surface area (Å²) in [5.74, 6) is 0.507. The summed E-state index contributed by atoms with van der Waals surface area (Å²) in [6.45, 7) is 4.14. The number of carbonyl (C=O) groups is 2. The molecule has 0 spiro atoms. The summed E-state index contributed by atoms with van der Waals surface area (Å²) < 4.78 is 0. The molecule has 1 aliphatic heterocycles. The number of benzene rings is 1. The van der Waals surface area contributed by atoms with Crippen LogP contribution in [0, 0.1) is 0 Å². The van der Waals surface area contributed by atoms with Crippen molar-refractivity contribution in [1.29, 1.82) is 0 Å². The third-order valence-corrected chi connectivity index (χ3v) is 6.38. The molecule has 4 rings (SSSR count). The number of piperidine rings is 1. The van der Waals surface area contributed by atoms with Gasteiger partial charge in [-0.2, -0.15) is 0 Å². The highest BCUT2D eigenvalue weighted by Crippen LogP contribution is 2.27. The number of aromatic nitrogens is 2. The fraction of sp³-hybridized carbons (Fsp3) is 0.333. The molecule has 0 saturated carbocycles. The molecule has 0 bridgehead atoms. The van der Waals surface area contributed by atoms with E-state index >= 15 is 0 Å². The van der Waals surface area contributed by atoms with Gasteiger partial charge in [0.1, 0.15) is 5.69 Å². The Bertz CT molecular complexity index is 1060. The number of carbonyl (C=O) groups excluding carboxylic acids is 2. The van der Waals surface area contributed by atoms with Gasteiger partial charge in [0.25, 0.3) is 11.8 Å². The lowest BCUT2D eigenvalue weighted by Crippen LogP contribution is -2.38. The average molecular weight is 443 g/mol. The summed E-state index contributed by atoms with van der Waals surface area (Å²) >= 11 is 0. The van der Waals surface area contributed by atoms with Crippen LogP contribution in [-0.2, 0) is 0 Å². The zero-order chi connectivity index (χ0) is 23.2. The highest BCUT2D eigenvalue weighted by atomic mass is 16.2. The molecule has 170 valence electrons. The average Bonchev–Trinajstić information content (AvgIpc) is 2.89. The van der Waals surface area contributed by atoms with E-state index in [0.717, 1.165) is 18.5 Å². The molecule has 0 N–H and O–H groups in total. The first-order chi connectivity index (χ1) is 16.0. The van der Waals surface area contributed by atoms with Crippen molar-refractivity contribution < 1.29 is 9.59 Å². The summed E-state index contributed by atoms with van der Waals surface area (Å²) in [6.07, 6.45) is 5.04. The molecule has 6 heteroatoms. The van der Waals surface area contributed by atoms with Gasteiger partial charge < -0.3 is 9.80 Å². The van der Waals surface area contributed by atoms with Crippen LogP contribution in [0.2, 0.25) is 0 Å². The van der Waals surface area contributed by atoms with Crippen LogP contribution in [-0.4, -0.2) is 58.3 Å². The smallest absolute Gasteiger partial charge is 0.272 e. The zero-order valence-electron chi connectivity index (χ0n) is 19.2. The van der Waals surface area contributed by atoms with Crippen LogP contribution in [0.3, 0.4) is 0 Å². The highest BCUT2D eigenvalue weighted by Gasteiger charge is 2.26. The summed E-state index contributed by atoms with van der Waals surface area (Å²) in [7, 11) is 1.84. The van der Waals surface area contributed by atoms with Crippen molar-refractivity contribution in [1.82, 2.24) is 19.8 Å². The van der Waals surface area contributed by atoms with E-state index in [-0.39, 0.29) is 23.7 Å². The van der Waals surface area contributed by atoms with Crippen molar-refractivity contribution in [2.24, 2.45) is 0 Å². The zero-order valence-corrected chi connectivity index (χ0v) is 19.2. The van der Waals surface area contributed by atoms with Gasteiger partial charge in [0.2, 0.25) is 0 Å². The standard InChI is InChI=1S/C27H30N4O2/c1-20(21-8-4-3-5-9-21)19-30(2)26(32)23-11-12-24(29-18-23)22-13-16-31(17-14-22)27(33)25-10-6-7-15-28-25/h3-12,15,18,20,22H,13-14,16-17,19H2,1-2H3. The highest BCUT2D eigenvalue weighted by molar-refractivity contribution is 5.94. The van der Waals surface area contributed by atoms with Crippen LogP contribution < -0.4 is 0 Å². The van der Waals surface area contributed by atoms with Crippen molar-refractivity contribution >= 4 is 11.8 Å². The minimum absolute atomic E-state index is 0.0178. The minimum Gasteiger partial charge on any atom is -0.341 e. The van der Waals surface area contributed by atoms with E-state index in [1.807, 2.05) is 54.4 Å². The quantitative estimate of drug-likeness (QED) is 0.569. The van der Waals surface area contributed by atoms with Crippen molar-refractivity contribution in [3.63, 3.8) is 0 Å². The van der Waals surface area contributed by atoms with Gasteiger partial charge in [0.05, 0.1) is 5.56 Å². The Kier molecular flexibility index (Phi) is 7.13. The predicted octanol–water partition coefficient (Wildman–Crippen LogP) is 4.37. The maximum atomic E-state index is 12.9. The molecular formula is C27H30N4O2. The first-order valence-corrected chi connectivity index (χ1v) is 11.5. The summed E-state index contributed by atoms with van der Waals surface area (Å²) in [5.41, 5.74) is 3.29. The Balaban J connectivity index is 1.32. The Labute approximate surface area is 195 Å². The third-order valence-electron chi connectivity index (χ3n) is 6.38. The number of nitrogens with zero attached hydrogens (tertiary/aromatic N) is 4. The number of hydrogen-bond donors (Lipinski definition) is 0. The van der Waals surface area contributed by atoms with Gasteiger partial charge in [-0.25, -0.2) is 0 Å². The summed E-state index contributed by atoms with van der Waals surface area (Å²) in [4.78, 5) is 37.9.